The van der Waals surface area contributed by atoms with E-state index in [1.165, 1.54) is 53.9 Å². The molecule has 0 aliphatic rings. The molecule has 8 nitrogen and oxygen atoms in total. The van der Waals surface area contributed by atoms with Crippen molar-refractivity contribution in [3.05, 3.63) is 40.3 Å². The first kappa shape index (κ1) is 21.0. The average Bonchev–Trinajstić information content (AvgIpc) is 3.09. The number of hydrogen-bond donors (Lipinski definition) is 1. The number of anilines is 1. The molecule has 2 aromatic rings. The Morgan fingerprint density at radius 3 is 2.48 bits per heavy atom. The van der Waals surface area contributed by atoms with Crippen LogP contribution in [-0.4, -0.2) is 43.2 Å². The number of nitrogens with one attached hydrogen (secondary N) is 1. The van der Waals surface area contributed by atoms with E-state index in [1.807, 2.05) is 6.92 Å². The van der Waals surface area contributed by atoms with E-state index < -0.39 is 16.0 Å². The Morgan fingerprint density at radius 2 is 1.93 bits per heavy atom. The summed E-state index contributed by atoms with van der Waals surface area (Å²) in [4.78, 5) is 26.9. The van der Waals surface area contributed by atoms with Crippen LogP contribution < -0.4 is 5.32 Å². The number of sulfonamides is 1. The van der Waals surface area contributed by atoms with Crippen LogP contribution in [0.2, 0.25) is 0 Å². The molecular weight excluding hydrogens is 390 g/mol. The molecule has 146 valence electrons. The third-order valence-electron chi connectivity index (χ3n) is 3.54. The van der Waals surface area contributed by atoms with Crippen molar-refractivity contribution in [3.8, 4) is 0 Å². The van der Waals surface area contributed by atoms with Crippen molar-refractivity contribution in [2.24, 2.45) is 0 Å². The zero-order valence-corrected chi connectivity index (χ0v) is 16.9. The summed E-state index contributed by atoms with van der Waals surface area (Å²) in [5.41, 5.74) is 0.678. The Labute approximate surface area is 162 Å². The Bertz CT molecular complexity index is 907. The van der Waals surface area contributed by atoms with Gasteiger partial charge in [-0.25, -0.2) is 18.2 Å². The summed E-state index contributed by atoms with van der Waals surface area (Å²) in [6.45, 7) is 3.63. The zero-order valence-electron chi connectivity index (χ0n) is 15.3. The van der Waals surface area contributed by atoms with Gasteiger partial charge in [-0.05, 0) is 30.7 Å². The van der Waals surface area contributed by atoms with Gasteiger partial charge in [0.1, 0.15) is 5.01 Å². The van der Waals surface area contributed by atoms with Crippen molar-refractivity contribution in [1.82, 2.24) is 9.29 Å². The van der Waals surface area contributed by atoms with Gasteiger partial charge < -0.3 is 10.1 Å². The predicted molar refractivity (Wildman–Crippen MR) is 102 cm³/mol. The largest absolute Gasteiger partial charge is 0.464 e. The molecule has 2 rings (SSSR count). The van der Waals surface area contributed by atoms with Crippen molar-refractivity contribution in [1.29, 1.82) is 0 Å². The van der Waals surface area contributed by atoms with Gasteiger partial charge in [0, 0.05) is 24.5 Å². The van der Waals surface area contributed by atoms with Crippen LogP contribution in [0.4, 0.5) is 5.69 Å². The molecule has 0 aliphatic heterocycles. The van der Waals surface area contributed by atoms with Gasteiger partial charge in [0.05, 0.1) is 18.6 Å². The molecule has 1 amide bonds. The molecule has 1 aromatic heterocycles. The van der Waals surface area contributed by atoms with E-state index in [-0.39, 0.29) is 23.0 Å². The summed E-state index contributed by atoms with van der Waals surface area (Å²) in [6, 6.07) is 5.98. The smallest absolute Gasteiger partial charge is 0.357 e. The third-order valence-corrected chi connectivity index (χ3v) is 6.24. The molecule has 10 heteroatoms. The standard InChI is InChI=1S/C17H21N3O5S2/c1-4-9-20(10-16-19-15(11-26-16)17(22)25-3)27(23,24)14-7-5-13(6-8-14)18-12(2)21/h5-8,11H,4,9-10H2,1-3H3,(H,18,21). The van der Waals surface area contributed by atoms with E-state index in [0.29, 0.717) is 23.7 Å². The van der Waals surface area contributed by atoms with Gasteiger partial charge in [0.25, 0.3) is 0 Å². The Morgan fingerprint density at radius 1 is 1.26 bits per heavy atom. The average molecular weight is 412 g/mol. The monoisotopic (exact) mass is 411 g/mol. The maximum atomic E-state index is 13.0. The fraction of sp³-hybridized carbons (Fsp3) is 0.353. The number of amides is 1. The van der Waals surface area contributed by atoms with Gasteiger partial charge in [-0.3, -0.25) is 4.79 Å². The van der Waals surface area contributed by atoms with E-state index in [1.54, 1.807) is 5.38 Å². The van der Waals surface area contributed by atoms with Crippen molar-refractivity contribution < 1.29 is 22.7 Å². The Balaban J connectivity index is 2.24. The fourth-order valence-electron chi connectivity index (χ4n) is 2.33. The second-order valence-corrected chi connectivity index (χ2v) is 8.54. The molecular formula is C17H21N3O5S2. The quantitative estimate of drug-likeness (QED) is 0.669. The van der Waals surface area contributed by atoms with Gasteiger partial charge in [0.15, 0.2) is 5.69 Å². The minimum atomic E-state index is -3.75. The number of carbonyl (C=O) groups excluding carboxylic acids is 2. The topological polar surface area (TPSA) is 106 Å². The molecule has 0 spiro atoms. The van der Waals surface area contributed by atoms with Crippen LogP contribution in [-0.2, 0) is 26.1 Å². The maximum Gasteiger partial charge on any atom is 0.357 e. The van der Waals surface area contributed by atoms with Gasteiger partial charge in [-0.15, -0.1) is 11.3 Å². The fourth-order valence-corrected chi connectivity index (χ4v) is 4.68. The SMILES string of the molecule is CCCN(Cc1nc(C(=O)OC)cs1)S(=O)(=O)c1ccc(NC(C)=O)cc1. The highest BCUT2D eigenvalue weighted by Gasteiger charge is 2.25. The number of nitrogens with zero attached hydrogens (tertiary/aromatic N) is 2. The first-order valence-corrected chi connectivity index (χ1v) is 10.5. The first-order chi connectivity index (χ1) is 12.8. The molecule has 0 atom stereocenters. The van der Waals surface area contributed by atoms with Crippen LogP contribution in [0.25, 0.3) is 0 Å². The van der Waals surface area contributed by atoms with Crippen LogP contribution in [0.1, 0.15) is 35.8 Å². The van der Waals surface area contributed by atoms with Crippen molar-refractivity contribution in [2.75, 3.05) is 19.0 Å². The van der Waals surface area contributed by atoms with Crippen molar-refractivity contribution in [2.45, 2.75) is 31.7 Å². The summed E-state index contributed by atoms with van der Waals surface area (Å²) in [5.74, 6) is -0.792. The lowest BCUT2D eigenvalue weighted by atomic mass is 10.3. The number of ether oxygens (including phenoxy) is 1. The lowest BCUT2D eigenvalue weighted by molar-refractivity contribution is -0.114. The highest BCUT2D eigenvalue weighted by atomic mass is 32.2. The predicted octanol–water partition coefficient (Wildman–Crippen LogP) is 2.49. The molecule has 1 N–H and O–H groups in total. The van der Waals surface area contributed by atoms with Gasteiger partial charge in [0.2, 0.25) is 15.9 Å². The minimum absolute atomic E-state index is 0.0608. The summed E-state index contributed by atoms with van der Waals surface area (Å²) in [6.07, 6.45) is 0.623. The van der Waals surface area contributed by atoms with E-state index in [9.17, 15) is 18.0 Å². The van der Waals surface area contributed by atoms with Crippen molar-refractivity contribution in [3.63, 3.8) is 0 Å². The number of aromatic nitrogens is 1. The molecule has 0 bridgehead atoms. The van der Waals surface area contributed by atoms with Gasteiger partial charge >= 0.3 is 5.97 Å². The normalized spacial score (nSPS) is 11.4. The molecule has 1 heterocycles. The number of thiazole rings is 1. The van der Waals surface area contributed by atoms with Crippen LogP contribution in [0.5, 0.6) is 0 Å². The second-order valence-electron chi connectivity index (χ2n) is 5.66. The number of hydrogen-bond acceptors (Lipinski definition) is 7. The summed E-state index contributed by atoms with van der Waals surface area (Å²) in [5, 5.41) is 4.64. The van der Waals surface area contributed by atoms with Crippen LogP contribution >= 0.6 is 11.3 Å². The van der Waals surface area contributed by atoms with Crippen LogP contribution in [0, 0.1) is 0 Å². The van der Waals surface area contributed by atoms with E-state index in [2.05, 4.69) is 15.0 Å². The van der Waals surface area contributed by atoms with Gasteiger partial charge in [-0.2, -0.15) is 4.31 Å². The Kier molecular flexibility index (Phi) is 7.05. The summed E-state index contributed by atoms with van der Waals surface area (Å²) < 4.78 is 31.9. The van der Waals surface area contributed by atoms with Crippen LogP contribution in [0.15, 0.2) is 34.5 Å². The Hall–Kier alpha value is -2.30. The lowest BCUT2D eigenvalue weighted by Gasteiger charge is -2.20. The van der Waals surface area contributed by atoms with E-state index in [0.717, 1.165) is 0 Å². The molecule has 0 aliphatic carbocycles. The number of esters is 1. The number of carbonyl (C=O) groups is 2. The first-order valence-electron chi connectivity index (χ1n) is 8.18. The van der Waals surface area contributed by atoms with Crippen LogP contribution in [0.3, 0.4) is 0 Å². The van der Waals surface area contributed by atoms with E-state index >= 15 is 0 Å². The summed E-state index contributed by atoms with van der Waals surface area (Å²) >= 11 is 1.20. The molecule has 1 aromatic carbocycles. The summed E-state index contributed by atoms with van der Waals surface area (Å²) in [7, 11) is -2.49. The van der Waals surface area contributed by atoms with Crippen molar-refractivity contribution >= 4 is 38.9 Å². The highest BCUT2D eigenvalue weighted by Crippen LogP contribution is 2.22. The number of benzene rings is 1. The lowest BCUT2D eigenvalue weighted by Crippen LogP contribution is -2.31. The maximum absolute atomic E-state index is 13.0. The molecule has 0 unspecified atom stereocenters. The second kappa shape index (κ2) is 9.07. The van der Waals surface area contributed by atoms with Gasteiger partial charge in [-0.1, -0.05) is 6.92 Å². The number of methoxy groups -OCH3 is 1. The molecule has 0 saturated carbocycles. The van der Waals surface area contributed by atoms with E-state index in [4.69, 9.17) is 0 Å². The third kappa shape index (κ3) is 5.34. The zero-order chi connectivity index (χ0) is 20.0. The molecule has 0 radical (unpaired) electrons. The highest BCUT2D eigenvalue weighted by molar-refractivity contribution is 7.89. The minimum Gasteiger partial charge on any atom is -0.464 e. The molecule has 0 fully saturated rings. The number of rotatable bonds is 8. The molecule has 27 heavy (non-hydrogen) atoms. The molecule has 0 saturated heterocycles.